The number of hydrogen-bond donors (Lipinski definition) is 3. The van der Waals surface area contributed by atoms with Gasteiger partial charge in [0.15, 0.2) is 0 Å². The summed E-state index contributed by atoms with van der Waals surface area (Å²) in [6.45, 7) is 0. The van der Waals surface area contributed by atoms with E-state index in [2.05, 4.69) is 16.6 Å². The monoisotopic (exact) mass is 223 g/mol. The maximum Gasteiger partial charge on any atom is 0.243 e. The molecule has 1 saturated heterocycles. The Labute approximate surface area is 92.9 Å². The predicted octanol–water partition coefficient (Wildman–Crippen LogP) is -1.74. The van der Waals surface area contributed by atoms with Crippen LogP contribution in [0, 0.1) is 12.3 Å². The van der Waals surface area contributed by atoms with E-state index >= 15 is 0 Å². The molecule has 4 N–H and O–H groups in total. The Morgan fingerprint density at radius 2 is 2.38 bits per heavy atom. The summed E-state index contributed by atoms with van der Waals surface area (Å²) in [5.74, 6) is 0.967. The third-order valence-corrected chi connectivity index (χ3v) is 2.29. The molecule has 0 aromatic heterocycles. The summed E-state index contributed by atoms with van der Waals surface area (Å²) >= 11 is 0. The summed E-state index contributed by atoms with van der Waals surface area (Å²) in [4.78, 5) is 33.4. The smallest absolute Gasteiger partial charge is 0.243 e. The normalized spacial score (nSPS) is 20.7. The van der Waals surface area contributed by atoms with Gasteiger partial charge in [-0.15, -0.1) is 12.3 Å². The quantitative estimate of drug-likeness (QED) is 0.493. The second-order valence-corrected chi connectivity index (χ2v) is 3.53. The molecule has 0 bridgehead atoms. The molecule has 2 atom stereocenters. The van der Waals surface area contributed by atoms with Gasteiger partial charge in [0.05, 0.1) is 0 Å². The molecule has 6 nitrogen and oxygen atoms in total. The van der Waals surface area contributed by atoms with E-state index in [1.165, 1.54) is 0 Å². The summed E-state index contributed by atoms with van der Waals surface area (Å²) in [7, 11) is 0. The lowest BCUT2D eigenvalue weighted by Crippen LogP contribution is -2.50. The second-order valence-electron chi connectivity index (χ2n) is 3.53. The highest BCUT2D eigenvalue weighted by molar-refractivity contribution is 5.93. The van der Waals surface area contributed by atoms with Crippen LogP contribution in [0.15, 0.2) is 0 Å². The van der Waals surface area contributed by atoms with Crippen molar-refractivity contribution in [2.75, 3.05) is 0 Å². The van der Waals surface area contributed by atoms with Crippen molar-refractivity contribution in [2.24, 2.45) is 5.73 Å². The Bertz CT molecular complexity index is 359. The number of nitrogens with one attached hydrogen (secondary N) is 2. The van der Waals surface area contributed by atoms with Gasteiger partial charge in [0.25, 0.3) is 0 Å². The van der Waals surface area contributed by atoms with E-state index in [4.69, 9.17) is 12.2 Å². The zero-order valence-electron chi connectivity index (χ0n) is 8.66. The van der Waals surface area contributed by atoms with Crippen LogP contribution in [-0.4, -0.2) is 29.8 Å². The molecule has 0 saturated carbocycles. The van der Waals surface area contributed by atoms with Crippen LogP contribution in [0.25, 0.3) is 0 Å². The van der Waals surface area contributed by atoms with Gasteiger partial charge in [-0.25, -0.2) is 0 Å². The van der Waals surface area contributed by atoms with E-state index in [-0.39, 0.29) is 12.3 Å². The van der Waals surface area contributed by atoms with E-state index in [0.717, 1.165) is 0 Å². The van der Waals surface area contributed by atoms with Gasteiger partial charge in [-0.1, -0.05) is 0 Å². The van der Waals surface area contributed by atoms with Gasteiger partial charge in [0.2, 0.25) is 17.7 Å². The molecule has 1 aliphatic heterocycles. The first-order chi connectivity index (χ1) is 7.54. The first-order valence-corrected chi connectivity index (χ1v) is 4.87. The number of terminal acetylenes is 1. The van der Waals surface area contributed by atoms with E-state index in [1.807, 2.05) is 0 Å². The van der Waals surface area contributed by atoms with Crippen molar-refractivity contribution in [3.05, 3.63) is 0 Å². The first-order valence-electron chi connectivity index (χ1n) is 4.87. The van der Waals surface area contributed by atoms with E-state index in [1.54, 1.807) is 0 Å². The second kappa shape index (κ2) is 5.16. The summed E-state index contributed by atoms with van der Waals surface area (Å²) < 4.78 is 0. The van der Waals surface area contributed by atoms with Gasteiger partial charge in [-0.3, -0.25) is 14.4 Å². The van der Waals surface area contributed by atoms with Gasteiger partial charge < -0.3 is 16.4 Å². The maximum atomic E-state index is 11.6. The van der Waals surface area contributed by atoms with E-state index in [0.29, 0.717) is 12.8 Å². The minimum atomic E-state index is -0.880. The molecule has 3 amide bonds. The van der Waals surface area contributed by atoms with Crippen molar-refractivity contribution in [1.82, 2.24) is 10.6 Å². The third-order valence-electron chi connectivity index (χ3n) is 2.29. The Morgan fingerprint density at radius 3 is 2.81 bits per heavy atom. The van der Waals surface area contributed by atoms with Crippen molar-refractivity contribution in [3.8, 4) is 12.3 Å². The van der Waals surface area contributed by atoms with Gasteiger partial charge >= 0.3 is 0 Å². The number of carbonyl (C=O) groups is 3. The molecular formula is C10H13N3O3. The zero-order valence-corrected chi connectivity index (χ0v) is 8.66. The summed E-state index contributed by atoms with van der Waals surface area (Å²) in [6.07, 6.45) is 5.82. The molecule has 1 rings (SSSR count). The van der Waals surface area contributed by atoms with Crippen molar-refractivity contribution >= 4 is 17.7 Å². The largest absolute Gasteiger partial charge is 0.368 e. The van der Waals surface area contributed by atoms with Crippen LogP contribution in [0.5, 0.6) is 0 Å². The predicted molar refractivity (Wildman–Crippen MR) is 55.7 cm³/mol. The molecule has 16 heavy (non-hydrogen) atoms. The van der Waals surface area contributed by atoms with Crippen LogP contribution in [0.3, 0.4) is 0 Å². The highest BCUT2D eigenvalue weighted by Gasteiger charge is 2.29. The molecule has 0 unspecified atom stereocenters. The maximum absolute atomic E-state index is 11.6. The molecule has 6 heteroatoms. The number of amides is 3. The van der Waals surface area contributed by atoms with Crippen molar-refractivity contribution in [3.63, 3.8) is 0 Å². The van der Waals surface area contributed by atoms with Gasteiger partial charge in [0.1, 0.15) is 12.1 Å². The van der Waals surface area contributed by atoms with Crippen molar-refractivity contribution < 1.29 is 14.4 Å². The Kier molecular flexibility index (Phi) is 3.89. The number of nitrogens with two attached hydrogens (primary N) is 1. The number of primary amides is 1. The minimum absolute atomic E-state index is 0.0434. The third kappa shape index (κ3) is 2.98. The fourth-order valence-corrected chi connectivity index (χ4v) is 1.42. The molecule has 86 valence electrons. The molecule has 0 radical (unpaired) electrons. The molecule has 0 aromatic rings. The average molecular weight is 223 g/mol. The number of carbonyl (C=O) groups excluding carboxylic acids is 3. The standard InChI is InChI=1S/C10H13N3O3/c1-2-3-6(9(11)15)13-10(16)7-4-5-8(14)12-7/h1,6-7H,3-5H2,(H2,11,15)(H,12,14)(H,13,16)/t6-,7+/m0/s1. The average Bonchev–Trinajstić information content (AvgIpc) is 2.64. The fraction of sp³-hybridized carbons (Fsp3) is 0.500. The molecule has 1 aliphatic rings. The summed E-state index contributed by atoms with van der Waals surface area (Å²) in [5, 5.41) is 4.89. The lowest BCUT2D eigenvalue weighted by Gasteiger charge is -2.16. The fourth-order valence-electron chi connectivity index (χ4n) is 1.42. The van der Waals surface area contributed by atoms with Gasteiger partial charge in [-0.2, -0.15) is 0 Å². The van der Waals surface area contributed by atoms with Gasteiger partial charge in [0, 0.05) is 12.8 Å². The van der Waals surface area contributed by atoms with Crippen LogP contribution >= 0.6 is 0 Å². The van der Waals surface area contributed by atoms with Crippen LogP contribution < -0.4 is 16.4 Å². The van der Waals surface area contributed by atoms with Gasteiger partial charge in [-0.05, 0) is 6.42 Å². The zero-order chi connectivity index (χ0) is 12.1. The van der Waals surface area contributed by atoms with Crippen LogP contribution in [0.2, 0.25) is 0 Å². The molecule has 0 spiro atoms. The minimum Gasteiger partial charge on any atom is -0.368 e. The Balaban J connectivity index is 2.52. The Hall–Kier alpha value is -2.03. The Morgan fingerprint density at radius 1 is 1.69 bits per heavy atom. The summed E-state index contributed by atoms with van der Waals surface area (Å²) in [5.41, 5.74) is 5.06. The lowest BCUT2D eigenvalue weighted by atomic mass is 10.1. The highest BCUT2D eigenvalue weighted by atomic mass is 16.2. The molecule has 0 aromatic carbocycles. The summed E-state index contributed by atoms with van der Waals surface area (Å²) in [6, 6.07) is -1.47. The molecular weight excluding hydrogens is 210 g/mol. The molecule has 1 fully saturated rings. The van der Waals surface area contributed by atoms with Crippen LogP contribution in [0.1, 0.15) is 19.3 Å². The lowest BCUT2D eigenvalue weighted by molar-refractivity contribution is -0.129. The topological polar surface area (TPSA) is 101 Å². The SMILES string of the molecule is C#CC[C@H](NC(=O)[C@H]1CCC(=O)N1)C(N)=O. The highest BCUT2D eigenvalue weighted by Crippen LogP contribution is 2.06. The molecule has 0 aliphatic carbocycles. The van der Waals surface area contributed by atoms with E-state index < -0.39 is 23.9 Å². The van der Waals surface area contributed by atoms with Crippen molar-refractivity contribution in [1.29, 1.82) is 0 Å². The number of rotatable bonds is 4. The van der Waals surface area contributed by atoms with Crippen molar-refractivity contribution in [2.45, 2.75) is 31.3 Å². The van der Waals surface area contributed by atoms with Crippen LogP contribution in [-0.2, 0) is 14.4 Å². The number of hydrogen-bond acceptors (Lipinski definition) is 3. The van der Waals surface area contributed by atoms with E-state index in [9.17, 15) is 14.4 Å². The first kappa shape index (κ1) is 12.0. The van der Waals surface area contributed by atoms with Crippen LogP contribution in [0.4, 0.5) is 0 Å². The molecule has 1 heterocycles.